The predicted octanol–water partition coefficient (Wildman–Crippen LogP) is 1.85. The molecule has 1 heterocycles. The largest absolute Gasteiger partial charge is 0.395 e. The first-order valence-electron chi connectivity index (χ1n) is 4.43. The van der Waals surface area contributed by atoms with Crippen LogP contribution in [0.5, 0.6) is 0 Å². The molecule has 92 valence electrons. The molecule has 0 aromatic carbocycles. The van der Waals surface area contributed by atoms with Gasteiger partial charge in [0.2, 0.25) is 0 Å². The molecule has 8 heteroatoms. The molecule has 1 rings (SSSR count). The van der Waals surface area contributed by atoms with E-state index in [1.165, 1.54) is 6.07 Å². The quantitative estimate of drug-likeness (QED) is 0.797. The van der Waals surface area contributed by atoms with Gasteiger partial charge in [-0.15, -0.1) is 0 Å². The number of hydrogen-bond donors (Lipinski definition) is 2. The third-order valence-corrected chi connectivity index (χ3v) is 1.92. The van der Waals surface area contributed by atoms with Crippen molar-refractivity contribution in [3.05, 3.63) is 17.8 Å². The van der Waals surface area contributed by atoms with Gasteiger partial charge in [-0.05, 0) is 6.07 Å². The maximum atomic E-state index is 12.6. The lowest BCUT2D eigenvalue weighted by Gasteiger charge is -2.16. The van der Waals surface area contributed by atoms with Crippen LogP contribution in [0.25, 0.3) is 0 Å². The highest BCUT2D eigenvalue weighted by molar-refractivity contribution is 5.68. The van der Waals surface area contributed by atoms with E-state index < -0.39 is 18.9 Å². The van der Waals surface area contributed by atoms with Crippen LogP contribution in [0.15, 0.2) is 12.3 Å². The van der Waals surface area contributed by atoms with Crippen molar-refractivity contribution in [1.29, 1.82) is 5.26 Å². The minimum Gasteiger partial charge on any atom is -0.395 e. The Balaban J connectivity index is 2.81. The van der Waals surface area contributed by atoms with Gasteiger partial charge < -0.3 is 11.1 Å². The molecule has 0 unspecified atom stereocenters. The third-order valence-electron chi connectivity index (χ3n) is 1.92. The molecular formula is C9H8F4N4. The molecule has 0 aliphatic carbocycles. The fourth-order valence-electron chi connectivity index (χ4n) is 0.990. The number of nitrogens with one attached hydrogen (secondary N) is 1. The van der Waals surface area contributed by atoms with E-state index in [9.17, 15) is 17.6 Å². The highest BCUT2D eigenvalue weighted by atomic mass is 19.3. The van der Waals surface area contributed by atoms with Crippen molar-refractivity contribution in [3.8, 4) is 6.07 Å². The van der Waals surface area contributed by atoms with Crippen molar-refractivity contribution < 1.29 is 17.6 Å². The van der Waals surface area contributed by atoms with Crippen LogP contribution in [0.1, 0.15) is 5.56 Å². The smallest absolute Gasteiger partial charge is 0.324 e. The molecular weight excluding hydrogens is 240 g/mol. The molecule has 0 radical (unpaired) electrons. The van der Waals surface area contributed by atoms with Gasteiger partial charge >= 0.3 is 12.3 Å². The van der Waals surface area contributed by atoms with Crippen LogP contribution in [-0.4, -0.2) is 23.9 Å². The molecule has 0 amide bonds. The molecule has 0 saturated carbocycles. The van der Waals surface area contributed by atoms with E-state index in [0.29, 0.717) is 0 Å². The Morgan fingerprint density at radius 3 is 2.71 bits per heavy atom. The van der Waals surface area contributed by atoms with Crippen LogP contribution < -0.4 is 11.1 Å². The van der Waals surface area contributed by atoms with Crippen LogP contribution in [0.3, 0.4) is 0 Å². The maximum absolute atomic E-state index is 12.6. The average molecular weight is 248 g/mol. The molecule has 0 atom stereocenters. The normalized spacial score (nSPS) is 11.3. The second-order valence-corrected chi connectivity index (χ2v) is 3.15. The van der Waals surface area contributed by atoms with Crippen molar-refractivity contribution in [1.82, 2.24) is 4.98 Å². The van der Waals surface area contributed by atoms with E-state index in [2.05, 4.69) is 4.98 Å². The highest BCUT2D eigenvalue weighted by Gasteiger charge is 2.40. The lowest BCUT2D eigenvalue weighted by Crippen LogP contribution is -2.35. The highest BCUT2D eigenvalue weighted by Crippen LogP contribution is 2.25. The number of nitrogen functional groups attached to an aromatic ring is 1. The summed E-state index contributed by atoms with van der Waals surface area (Å²) in [5, 5.41) is 10.6. The van der Waals surface area contributed by atoms with Crippen LogP contribution in [-0.2, 0) is 0 Å². The number of alkyl halides is 4. The fraction of sp³-hybridized carbons (Fsp3) is 0.333. The first kappa shape index (κ1) is 13.0. The van der Waals surface area contributed by atoms with Gasteiger partial charge in [-0.1, -0.05) is 0 Å². The minimum atomic E-state index is -4.18. The Morgan fingerprint density at radius 1 is 1.53 bits per heavy atom. The zero-order valence-corrected chi connectivity index (χ0v) is 8.42. The van der Waals surface area contributed by atoms with Gasteiger partial charge in [0.15, 0.2) is 5.82 Å². The number of nitrogens with zero attached hydrogens (tertiary/aromatic N) is 2. The van der Waals surface area contributed by atoms with Crippen molar-refractivity contribution in [2.45, 2.75) is 12.3 Å². The maximum Gasteiger partial charge on any atom is 0.324 e. The summed E-state index contributed by atoms with van der Waals surface area (Å²) in [6.07, 6.45) is -2.62. The summed E-state index contributed by atoms with van der Waals surface area (Å²) in [6.45, 7) is -1.31. The molecule has 0 aliphatic heterocycles. The molecule has 1 aromatic rings. The number of nitriles is 1. The number of halogens is 4. The van der Waals surface area contributed by atoms with Gasteiger partial charge in [-0.3, -0.25) is 0 Å². The Kier molecular flexibility index (Phi) is 3.73. The molecule has 4 nitrogen and oxygen atoms in total. The van der Waals surface area contributed by atoms with Crippen molar-refractivity contribution >= 4 is 11.5 Å². The van der Waals surface area contributed by atoms with Gasteiger partial charge in [0, 0.05) is 6.20 Å². The van der Waals surface area contributed by atoms with E-state index in [0.717, 1.165) is 6.20 Å². The second-order valence-electron chi connectivity index (χ2n) is 3.15. The zero-order valence-electron chi connectivity index (χ0n) is 8.42. The first-order valence-corrected chi connectivity index (χ1v) is 4.43. The molecule has 0 aliphatic rings. The summed E-state index contributed by atoms with van der Waals surface area (Å²) >= 11 is 0. The van der Waals surface area contributed by atoms with E-state index in [-0.39, 0.29) is 17.1 Å². The minimum absolute atomic E-state index is 0.0304. The summed E-state index contributed by atoms with van der Waals surface area (Å²) in [6, 6.07) is 3.00. The van der Waals surface area contributed by atoms with E-state index >= 15 is 0 Å². The SMILES string of the molecule is N#Cc1ccnc(NCC(F)(F)C(F)F)c1N. The van der Waals surface area contributed by atoms with Gasteiger partial charge in [0.05, 0.1) is 17.8 Å². The first-order chi connectivity index (χ1) is 7.88. The summed E-state index contributed by atoms with van der Waals surface area (Å²) in [5.74, 6) is -4.40. The number of rotatable bonds is 4. The molecule has 17 heavy (non-hydrogen) atoms. The van der Waals surface area contributed by atoms with Gasteiger partial charge in [-0.2, -0.15) is 14.0 Å². The number of nitrogens with two attached hydrogens (primary N) is 1. The predicted molar refractivity (Wildman–Crippen MR) is 52.8 cm³/mol. The number of aromatic nitrogens is 1. The molecule has 3 N–H and O–H groups in total. The molecule has 0 fully saturated rings. The Labute approximate surface area is 94.1 Å². The summed E-state index contributed by atoms with van der Waals surface area (Å²) < 4.78 is 48.9. The Morgan fingerprint density at radius 2 is 2.18 bits per heavy atom. The summed E-state index contributed by atoms with van der Waals surface area (Å²) in [5.41, 5.74) is 5.30. The standard InChI is InChI=1S/C9H8F4N4/c10-8(11)9(12,13)4-17-7-6(15)5(3-14)1-2-16-7/h1-2,8H,4,15H2,(H,16,17). The van der Waals surface area contributed by atoms with Crippen LogP contribution in [0.2, 0.25) is 0 Å². The molecule has 0 bridgehead atoms. The zero-order chi connectivity index (χ0) is 13.1. The lowest BCUT2D eigenvalue weighted by atomic mass is 10.2. The van der Waals surface area contributed by atoms with Crippen molar-refractivity contribution in [2.24, 2.45) is 0 Å². The Bertz CT molecular complexity index is 441. The third kappa shape index (κ3) is 2.96. The number of anilines is 2. The fourth-order valence-corrected chi connectivity index (χ4v) is 0.990. The molecule has 0 saturated heterocycles. The Hall–Kier alpha value is -2.04. The topological polar surface area (TPSA) is 74.7 Å². The van der Waals surface area contributed by atoms with E-state index in [1.807, 2.05) is 5.32 Å². The van der Waals surface area contributed by atoms with E-state index in [1.54, 1.807) is 6.07 Å². The van der Waals surface area contributed by atoms with Crippen molar-refractivity contribution in [3.63, 3.8) is 0 Å². The summed E-state index contributed by atoms with van der Waals surface area (Å²) in [7, 11) is 0. The van der Waals surface area contributed by atoms with Crippen molar-refractivity contribution in [2.75, 3.05) is 17.6 Å². The monoisotopic (exact) mass is 248 g/mol. The summed E-state index contributed by atoms with van der Waals surface area (Å²) in [4.78, 5) is 3.58. The average Bonchev–Trinajstić information content (AvgIpc) is 2.27. The second kappa shape index (κ2) is 4.86. The van der Waals surface area contributed by atoms with Gasteiger partial charge in [0.1, 0.15) is 6.07 Å². The lowest BCUT2D eigenvalue weighted by molar-refractivity contribution is -0.117. The van der Waals surface area contributed by atoms with Crippen LogP contribution >= 0.6 is 0 Å². The van der Waals surface area contributed by atoms with Gasteiger partial charge in [-0.25, -0.2) is 13.8 Å². The number of pyridine rings is 1. The van der Waals surface area contributed by atoms with E-state index in [4.69, 9.17) is 11.0 Å². The van der Waals surface area contributed by atoms with Crippen LogP contribution in [0, 0.1) is 11.3 Å². The molecule has 0 spiro atoms. The van der Waals surface area contributed by atoms with Crippen LogP contribution in [0.4, 0.5) is 29.1 Å². The van der Waals surface area contributed by atoms with Gasteiger partial charge in [0.25, 0.3) is 0 Å². The molecule has 1 aromatic heterocycles. The number of hydrogen-bond acceptors (Lipinski definition) is 4.